The summed E-state index contributed by atoms with van der Waals surface area (Å²) in [4.78, 5) is 8.94. The fourth-order valence-corrected chi connectivity index (χ4v) is 2.41. The number of guanidine groups is 1. The second-order valence-electron chi connectivity index (χ2n) is 5.38. The van der Waals surface area contributed by atoms with Crippen LogP contribution in [0, 0.1) is 0 Å². The molecule has 0 spiro atoms. The SMILES string of the molecule is CCNC(=NCc1ccc2c(c1)OCO2)NCCc1ccccn1.I. The zero-order valence-corrected chi connectivity index (χ0v) is 16.5. The maximum Gasteiger partial charge on any atom is 0.231 e. The Morgan fingerprint density at radius 2 is 2.04 bits per heavy atom. The Morgan fingerprint density at radius 3 is 2.84 bits per heavy atom. The zero-order valence-electron chi connectivity index (χ0n) is 14.2. The molecule has 1 aliphatic rings. The Labute approximate surface area is 165 Å². The molecule has 0 bridgehead atoms. The van der Waals surface area contributed by atoms with Crippen molar-refractivity contribution in [3.05, 3.63) is 53.9 Å². The highest BCUT2D eigenvalue weighted by molar-refractivity contribution is 14.0. The normalized spacial score (nSPS) is 12.4. The molecular formula is C18H23IN4O2. The molecule has 0 aliphatic carbocycles. The quantitative estimate of drug-likeness (QED) is 0.399. The Balaban J connectivity index is 0.00000225. The summed E-state index contributed by atoms with van der Waals surface area (Å²) < 4.78 is 10.7. The van der Waals surface area contributed by atoms with Gasteiger partial charge in [0.1, 0.15) is 0 Å². The van der Waals surface area contributed by atoms with Crippen LogP contribution in [-0.4, -0.2) is 30.8 Å². The van der Waals surface area contributed by atoms with Gasteiger partial charge in [-0.25, -0.2) is 4.99 Å². The monoisotopic (exact) mass is 454 g/mol. The van der Waals surface area contributed by atoms with E-state index in [1.165, 1.54) is 0 Å². The van der Waals surface area contributed by atoms with Gasteiger partial charge in [-0.3, -0.25) is 4.98 Å². The summed E-state index contributed by atoms with van der Waals surface area (Å²) in [6.45, 7) is 4.52. The number of pyridine rings is 1. The van der Waals surface area contributed by atoms with Crippen molar-refractivity contribution in [2.75, 3.05) is 19.9 Å². The van der Waals surface area contributed by atoms with Gasteiger partial charge in [0.2, 0.25) is 6.79 Å². The van der Waals surface area contributed by atoms with Crippen LogP contribution in [0.2, 0.25) is 0 Å². The molecule has 0 saturated heterocycles. The average molecular weight is 454 g/mol. The molecule has 0 saturated carbocycles. The number of nitrogens with one attached hydrogen (secondary N) is 2. The second-order valence-corrected chi connectivity index (χ2v) is 5.38. The van der Waals surface area contributed by atoms with E-state index in [2.05, 4.69) is 27.5 Å². The van der Waals surface area contributed by atoms with Gasteiger partial charge >= 0.3 is 0 Å². The van der Waals surface area contributed by atoms with Crippen molar-refractivity contribution in [2.24, 2.45) is 4.99 Å². The van der Waals surface area contributed by atoms with Gasteiger partial charge in [0.25, 0.3) is 0 Å². The summed E-state index contributed by atoms with van der Waals surface area (Å²) in [5, 5.41) is 6.59. The third-order valence-electron chi connectivity index (χ3n) is 3.60. The van der Waals surface area contributed by atoms with Crippen molar-refractivity contribution in [2.45, 2.75) is 19.9 Å². The first-order valence-corrected chi connectivity index (χ1v) is 8.16. The van der Waals surface area contributed by atoms with E-state index < -0.39 is 0 Å². The molecule has 134 valence electrons. The highest BCUT2D eigenvalue weighted by Crippen LogP contribution is 2.32. The number of hydrogen-bond acceptors (Lipinski definition) is 4. The predicted molar refractivity (Wildman–Crippen MR) is 109 cm³/mol. The molecule has 2 heterocycles. The Morgan fingerprint density at radius 1 is 1.16 bits per heavy atom. The number of fused-ring (bicyclic) bond motifs is 1. The fraction of sp³-hybridized carbons (Fsp3) is 0.333. The minimum Gasteiger partial charge on any atom is -0.454 e. The first-order chi connectivity index (χ1) is 11.8. The molecular weight excluding hydrogens is 431 g/mol. The van der Waals surface area contributed by atoms with E-state index in [4.69, 9.17) is 9.47 Å². The van der Waals surface area contributed by atoms with Crippen LogP contribution in [0.25, 0.3) is 0 Å². The Bertz CT molecular complexity index is 695. The largest absolute Gasteiger partial charge is 0.454 e. The molecule has 6 nitrogen and oxygen atoms in total. The summed E-state index contributed by atoms with van der Waals surface area (Å²) in [5.41, 5.74) is 2.15. The number of hydrogen-bond donors (Lipinski definition) is 2. The van der Waals surface area contributed by atoms with Crippen molar-refractivity contribution >= 4 is 29.9 Å². The molecule has 7 heteroatoms. The van der Waals surface area contributed by atoms with Crippen LogP contribution in [0.5, 0.6) is 11.5 Å². The van der Waals surface area contributed by atoms with E-state index in [1.54, 1.807) is 0 Å². The molecule has 0 unspecified atom stereocenters. The van der Waals surface area contributed by atoms with Crippen LogP contribution in [0.4, 0.5) is 0 Å². The van der Waals surface area contributed by atoms with Gasteiger partial charge in [-0.15, -0.1) is 24.0 Å². The van der Waals surface area contributed by atoms with Crippen LogP contribution in [0.15, 0.2) is 47.6 Å². The minimum atomic E-state index is 0. The topological polar surface area (TPSA) is 67.8 Å². The smallest absolute Gasteiger partial charge is 0.231 e. The van der Waals surface area contributed by atoms with Crippen LogP contribution in [-0.2, 0) is 13.0 Å². The van der Waals surface area contributed by atoms with E-state index in [0.717, 1.165) is 48.2 Å². The van der Waals surface area contributed by atoms with Crippen LogP contribution in [0.1, 0.15) is 18.2 Å². The number of aromatic nitrogens is 1. The number of halogens is 1. The first kappa shape index (κ1) is 19.3. The van der Waals surface area contributed by atoms with Crippen molar-refractivity contribution in [1.29, 1.82) is 0 Å². The van der Waals surface area contributed by atoms with Crippen molar-refractivity contribution in [3.8, 4) is 11.5 Å². The van der Waals surface area contributed by atoms with Gasteiger partial charge in [0.15, 0.2) is 17.5 Å². The molecule has 2 N–H and O–H groups in total. The molecule has 0 atom stereocenters. The highest BCUT2D eigenvalue weighted by atomic mass is 127. The van der Waals surface area contributed by atoms with E-state index >= 15 is 0 Å². The lowest BCUT2D eigenvalue weighted by Crippen LogP contribution is -2.38. The predicted octanol–water partition coefficient (Wildman–Crippen LogP) is 2.73. The van der Waals surface area contributed by atoms with E-state index in [-0.39, 0.29) is 24.0 Å². The Hall–Kier alpha value is -2.03. The zero-order chi connectivity index (χ0) is 16.6. The maximum atomic E-state index is 5.40. The fourth-order valence-electron chi connectivity index (χ4n) is 2.41. The molecule has 0 radical (unpaired) electrons. The lowest BCUT2D eigenvalue weighted by molar-refractivity contribution is 0.174. The molecule has 0 amide bonds. The van der Waals surface area contributed by atoms with Crippen LogP contribution >= 0.6 is 24.0 Å². The molecule has 2 aromatic rings. The summed E-state index contributed by atoms with van der Waals surface area (Å²) in [6, 6.07) is 11.9. The summed E-state index contributed by atoms with van der Waals surface area (Å²) in [6.07, 6.45) is 2.67. The lowest BCUT2D eigenvalue weighted by Gasteiger charge is -2.11. The van der Waals surface area contributed by atoms with Gasteiger partial charge < -0.3 is 20.1 Å². The summed E-state index contributed by atoms with van der Waals surface area (Å²) >= 11 is 0. The van der Waals surface area contributed by atoms with Crippen LogP contribution < -0.4 is 20.1 Å². The molecule has 1 aromatic carbocycles. The molecule has 0 fully saturated rings. The van der Waals surface area contributed by atoms with E-state index in [1.807, 2.05) is 42.6 Å². The van der Waals surface area contributed by atoms with Crippen molar-refractivity contribution < 1.29 is 9.47 Å². The third kappa shape index (κ3) is 5.77. The Kier molecular flexibility index (Phi) is 7.77. The first-order valence-electron chi connectivity index (χ1n) is 8.16. The van der Waals surface area contributed by atoms with Gasteiger partial charge in [-0.1, -0.05) is 12.1 Å². The number of ether oxygens (including phenoxy) is 2. The summed E-state index contributed by atoms with van der Waals surface area (Å²) in [7, 11) is 0. The highest BCUT2D eigenvalue weighted by Gasteiger charge is 2.12. The molecule has 1 aliphatic heterocycles. The van der Waals surface area contributed by atoms with Gasteiger partial charge in [-0.05, 0) is 36.8 Å². The number of nitrogens with zero attached hydrogens (tertiary/aromatic N) is 2. The van der Waals surface area contributed by atoms with E-state index in [9.17, 15) is 0 Å². The molecule has 25 heavy (non-hydrogen) atoms. The van der Waals surface area contributed by atoms with Gasteiger partial charge in [0.05, 0.1) is 6.54 Å². The number of rotatable bonds is 6. The standard InChI is InChI=1S/C18H22N4O2.HI/c1-2-19-18(21-10-8-15-5-3-4-9-20-15)22-12-14-6-7-16-17(11-14)24-13-23-16;/h3-7,9,11H,2,8,10,12-13H2,1H3,(H2,19,21,22);1H. The van der Waals surface area contributed by atoms with Crippen molar-refractivity contribution in [1.82, 2.24) is 15.6 Å². The minimum absolute atomic E-state index is 0. The van der Waals surface area contributed by atoms with E-state index in [0.29, 0.717) is 13.3 Å². The number of aliphatic imine (C=N–C) groups is 1. The maximum absolute atomic E-state index is 5.40. The van der Waals surface area contributed by atoms with Gasteiger partial charge in [0, 0.05) is 31.4 Å². The van der Waals surface area contributed by atoms with Crippen LogP contribution in [0.3, 0.4) is 0 Å². The molecule has 3 rings (SSSR count). The second kappa shape index (κ2) is 10.1. The summed E-state index contributed by atoms with van der Waals surface area (Å²) in [5.74, 6) is 2.38. The van der Waals surface area contributed by atoms with Crippen molar-refractivity contribution in [3.63, 3.8) is 0 Å². The molecule has 1 aromatic heterocycles. The van der Waals surface area contributed by atoms with Gasteiger partial charge in [-0.2, -0.15) is 0 Å². The lowest BCUT2D eigenvalue weighted by atomic mass is 10.2. The third-order valence-corrected chi connectivity index (χ3v) is 3.60. The average Bonchev–Trinajstić information content (AvgIpc) is 3.08. The number of benzene rings is 1.